The van der Waals surface area contributed by atoms with E-state index >= 15 is 0 Å². The smallest absolute Gasteiger partial charge is 0.407 e. The molecule has 0 fully saturated rings. The minimum absolute atomic E-state index is 0.408. The van der Waals surface area contributed by atoms with Crippen LogP contribution in [0.15, 0.2) is 24.3 Å². The summed E-state index contributed by atoms with van der Waals surface area (Å²) in [6, 6.07) is 7.90. The van der Waals surface area contributed by atoms with Crippen molar-refractivity contribution in [3.63, 3.8) is 0 Å². The van der Waals surface area contributed by atoms with E-state index in [1.807, 2.05) is 52.0 Å². The molecule has 6 heteroatoms. The molecule has 0 saturated carbocycles. The fourth-order valence-electron chi connectivity index (χ4n) is 1.78. The minimum atomic E-state index is -0.487. The van der Waals surface area contributed by atoms with Crippen molar-refractivity contribution in [2.75, 3.05) is 39.6 Å². The first-order chi connectivity index (χ1) is 11.4. The minimum Gasteiger partial charge on any atom is -0.491 e. The molecule has 0 radical (unpaired) electrons. The van der Waals surface area contributed by atoms with Gasteiger partial charge in [-0.25, -0.2) is 4.79 Å². The predicted molar refractivity (Wildman–Crippen MR) is 92.5 cm³/mol. The number of ether oxygens (including phenoxy) is 4. The quantitative estimate of drug-likeness (QED) is 0.664. The topological polar surface area (TPSA) is 66.0 Å². The second-order valence-corrected chi connectivity index (χ2v) is 6.32. The lowest BCUT2D eigenvalue weighted by Gasteiger charge is -2.19. The van der Waals surface area contributed by atoms with Crippen LogP contribution in [0.2, 0.25) is 0 Å². The average molecular weight is 339 g/mol. The molecule has 0 aliphatic rings. The summed E-state index contributed by atoms with van der Waals surface area (Å²) in [6.07, 6.45) is -0.435. The molecule has 6 nitrogen and oxygen atoms in total. The Bertz CT molecular complexity index is 485. The fourth-order valence-corrected chi connectivity index (χ4v) is 1.78. The van der Waals surface area contributed by atoms with Gasteiger partial charge < -0.3 is 24.3 Å². The van der Waals surface area contributed by atoms with Crippen molar-refractivity contribution in [1.29, 1.82) is 0 Å². The van der Waals surface area contributed by atoms with Gasteiger partial charge in [0.15, 0.2) is 0 Å². The van der Waals surface area contributed by atoms with Gasteiger partial charge in [0.2, 0.25) is 0 Å². The van der Waals surface area contributed by atoms with Crippen LogP contribution < -0.4 is 10.1 Å². The number of rotatable bonds is 10. The number of aryl methyl sites for hydroxylation is 1. The highest BCUT2D eigenvalue weighted by molar-refractivity contribution is 5.67. The SMILES string of the molecule is Cc1cccc(OCCOCCOCCNC(=O)OC(C)(C)C)c1. The summed E-state index contributed by atoms with van der Waals surface area (Å²) < 4.78 is 21.5. The van der Waals surface area contributed by atoms with Crippen molar-refractivity contribution in [2.45, 2.75) is 33.3 Å². The number of carbonyl (C=O) groups is 1. The molecule has 0 aliphatic heterocycles. The van der Waals surface area contributed by atoms with Gasteiger partial charge >= 0.3 is 6.09 Å². The van der Waals surface area contributed by atoms with Crippen molar-refractivity contribution in [1.82, 2.24) is 5.32 Å². The number of carbonyl (C=O) groups excluding carboxylic acids is 1. The summed E-state index contributed by atoms with van der Waals surface area (Å²) in [6.45, 7) is 10.3. The Morgan fingerprint density at radius 3 is 2.38 bits per heavy atom. The molecule has 1 aromatic rings. The molecule has 0 spiro atoms. The Hall–Kier alpha value is -1.79. The standard InChI is InChI=1S/C18H29NO5/c1-15-6-5-7-16(14-15)23-13-12-22-11-10-21-9-8-19-17(20)24-18(2,3)4/h5-7,14H,8-13H2,1-4H3,(H,19,20). The molecule has 1 rings (SSSR count). The van der Waals surface area contributed by atoms with Crippen LogP contribution in [0.4, 0.5) is 4.79 Å². The van der Waals surface area contributed by atoms with Crippen LogP contribution in [0, 0.1) is 6.92 Å². The van der Waals surface area contributed by atoms with Gasteiger partial charge in [0, 0.05) is 6.54 Å². The van der Waals surface area contributed by atoms with Gasteiger partial charge in [-0.05, 0) is 45.4 Å². The van der Waals surface area contributed by atoms with E-state index in [0.29, 0.717) is 39.6 Å². The van der Waals surface area contributed by atoms with Gasteiger partial charge in [-0.15, -0.1) is 0 Å². The second-order valence-electron chi connectivity index (χ2n) is 6.32. The molecule has 1 N–H and O–H groups in total. The van der Waals surface area contributed by atoms with Crippen molar-refractivity contribution in [3.05, 3.63) is 29.8 Å². The monoisotopic (exact) mass is 339 g/mol. The zero-order valence-corrected chi connectivity index (χ0v) is 15.1. The molecule has 0 aromatic heterocycles. The lowest BCUT2D eigenvalue weighted by Crippen LogP contribution is -2.34. The van der Waals surface area contributed by atoms with Crippen LogP contribution in [-0.4, -0.2) is 51.3 Å². The molecular formula is C18H29NO5. The largest absolute Gasteiger partial charge is 0.491 e. The molecule has 0 saturated heterocycles. The average Bonchev–Trinajstić information content (AvgIpc) is 2.47. The van der Waals surface area contributed by atoms with Gasteiger partial charge in [0.1, 0.15) is 18.0 Å². The first-order valence-corrected chi connectivity index (χ1v) is 8.18. The first kappa shape index (κ1) is 20.3. The molecule has 1 amide bonds. The van der Waals surface area contributed by atoms with E-state index in [2.05, 4.69) is 5.32 Å². The number of hydrogen-bond donors (Lipinski definition) is 1. The van der Waals surface area contributed by atoms with Gasteiger partial charge in [-0.1, -0.05) is 12.1 Å². The van der Waals surface area contributed by atoms with Crippen molar-refractivity contribution < 1.29 is 23.7 Å². The third kappa shape index (κ3) is 10.9. The van der Waals surface area contributed by atoms with Crippen molar-refractivity contribution in [2.24, 2.45) is 0 Å². The summed E-state index contributed by atoms with van der Waals surface area (Å²) in [5.41, 5.74) is 0.682. The summed E-state index contributed by atoms with van der Waals surface area (Å²) >= 11 is 0. The molecule has 0 atom stereocenters. The highest BCUT2D eigenvalue weighted by atomic mass is 16.6. The van der Waals surface area contributed by atoms with E-state index in [1.165, 1.54) is 5.56 Å². The van der Waals surface area contributed by atoms with E-state index < -0.39 is 11.7 Å². The Labute approximate surface area is 144 Å². The number of amides is 1. The predicted octanol–water partition coefficient (Wildman–Crippen LogP) is 2.93. The molecule has 0 aliphatic carbocycles. The Balaban J connectivity index is 1.90. The normalized spacial score (nSPS) is 11.2. The summed E-state index contributed by atoms with van der Waals surface area (Å²) in [5, 5.41) is 2.63. The molecule has 136 valence electrons. The van der Waals surface area contributed by atoms with E-state index in [-0.39, 0.29) is 0 Å². The summed E-state index contributed by atoms with van der Waals surface area (Å²) in [7, 11) is 0. The highest BCUT2D eigenvalue weighted by Crippen LogP contribution is 2.11. The van der Waals surface area contributed by atoms with E-state index in [9.17, 15) is 4.79 Å². The van der Waals surface area contributed by atoms with Crippen LogP contribution in [0.3, 0.4) is 0 Å². The Morgan fingerprint density at radius 1 is 1.04 bits per heavy atom. The second kappa shape index (κ2) is 10.9. The third-order valence-corrected chi connectivity index (χ3v) is 2.77. The number of hydrogen-bond acceptors (Lipinski definition) is 5. The van der Waals surface area contributed by atoms with Gasteiger partial charge in [-0.2, -0.15) is 0 Å². The van der Waals surface area contributed by atoms with Crippen LogP contribution >= 0.6 is 0 Å². The van der Waals surface area contributed by atoms with Crippen LogP contribution in [0.25, 0.3) is 0 Å². The first-order valence-electron chi connectivity index (χ1n) is 8.18. The fraction of sp³-hybridized carbons (Fsp3) is 0.611. The molecule has 1 aromatic carbocycles. The molecule has 0 unspecified atom stereocenters. The number of alkyl carbamates (subject to hydrolysis) is 1. The lowest BCUT2D eigenvalue weighted by atomic mass is 10.2. The zero-order valence-electron chi connectivity index (χ0n) is 15.1. The van der Waals surface area contributed by atoms with Gasteiger partial charge in [0.05, 0.1) is 26.4 Å². The maximum atomic E-state index is 11.4. The maximum Gasteiger partial charge on any atom is 0.407 e. The molecule has 0 bridgehead atoms. The molecule has 24 heavy (non-hydrogen) atoms. The van der Waals surface area contributed by atoms with Crippen molar-refractivity contribution in [3.8, 4) is 5.75 Å². The van der Waals surface area contributed by atoms with Gasteiger partial charge in [0.25, 0.3) is 0 Å². The van der Waals surface area contributed by atoms with E-state index in [1.54, 1.807) is 0 Å². The Kier molecular flexibility index (Phi) is 9.19. The lowest BCUT2D eigenvalue weighted by molar-refractivity contribution is 0.0327. The Morgan fingerprint density at radius 2 is 1.71 bits per heavy atom. The van der Waals surface area contributed by atoms with Crippen molar-refractivity contribution >= 4 is 6.09 Å². The molecule has 0 heterocycles. The van der Waals surface area contributed by atoms with E-state index in [4.69, 9.17) is 18.9 Å². The van der Waals surface area contributed by atoms with Crippen LogP contribution in [0.1, 0.15) is 26.3 Å². The van der Waals surface area contributed by atoms with Gasteiger partial charge in [-0.3, -0.25) is 0 Å². The van der Waals surface area contributed by atoms with Crippen LogP contribution in [0.5, 0.6) is 5.75 Å². The highest BCUT2D eigenvalue weighted by Gasteiger charge is 2.15. The molecular weight excluding hydrogens is 310 g/mol. The summed E-state index contributed by atoms with van der Waals surface area (Å²) in [5.74, 6) is 0.850. The summed E-state index contributed by atoms with van der Waals surface area (Å²) in [4.78, 5) is 11.4. The maximum absolute atomic E-state index is 11.4. The van der Waals surface area contributed by atoms with E-state index in [0.717, 1.165) is 5.75 Å². The number of benzene rings is 1. The number of nitrogens with one attached hydrogen (secondary N) is 1. The zero-order chi connectivity index (χ0) is 17.8. The third-order valence-electron chi connectivity index (χ3n) is 2.77. The van der Waals surface area contributed by atoms with Crippen LogP contribution in [-0.2, 0) is 14.2 Å².